The fourth-order valence-electron chi connectivity index (χ4n) is 2.90. The Hall–Kier alpha value is -2.30. The number of benzene rings is 2. The zero-order valence-corrected chi connectivity index (χ0v) is 15.1. The van der Waals surface area contributed by atoms with Gasteiger partial charge in [0.15, 0.2) is 5.76 Å². The molecule has 0 saturated carbocycles. The van der Waals surface area contributed by atoms with Crippen LogP contribution >= 0.6 is 12.4 Å². The highest BCUT2D eigenvalue weighted by Gasteiger charge is 2.22. The summed E-state index contributed by atoms with van der Waals surface area (Å²) in [5.74, 6) is 0.322. The standard InChI is InChI=1S/C20H22N2O2.ClH/c1-15-17-9-5-6-10-18(17)24-19(15)20(23)22(14-12-21)13-11-16-7-3-2-4-8-16;/h2-10H,11-14,21H2,1H3;1H. The number of rotatable bonds is 6. The van der Waals surface area contributed by atoms with Crippen LogP contribution in [0, 0.1) is 6.92 Å². The molecule has 0 saturated heterocycles. The Kier molecular flexibility index (Phi) is 6.62. The first-order valence-corrected chi connectivity index (χ1v) is 8.22. The monoisotopic (exact) mass is 358 g/mol. The SMILES string of the molecule is Cc1c(C(=O)N(CCN)CCc2ccccc2)oc2ccccc12.Cl. The van der Waals surface area contributed by atoms with Crippen molar-refractivity contribution in [3.63, 3.8) is 0 Å². The maximum Gasteiger partial charge on any atom is 0.289 e. The van der Waals surface area contributed by atoms with Gasteiger partial charge >= 0.3 is 0 Å². The number of aryl methyl sites for hydroxylation is 1. The molecule has 3 rings (SSSR count). The lowest BCUT2D eigenvalue weighted by atomic mass is 10.1. The third-order valence-corrected chi connectivity index (χ3v) is 4.24. The molecule has 2 N–H and O–H groups in total. The second-order valence-corrected chi connectivity index (χ2v) is 5.87. The van der Waals surface area contributed by atoms with Gasteiger partial charge in [0.2, 0.25) is 0 Å². The lowest BCUT2D eigenvalue weighted by molar-refractivity contribution is 0.0731. The molecule has 3 aromatic rings. The Balaban J connectivity index is 0.00000225. The van der Waals surface area contributed by atoms with Crippen molar-refractivity contribution in [1.82, 2.24) is 4.90 Å². The third-order valence-electron chi connectivity index (χ3n) is 4.24. The van der Waals surface area contributed by atoms with E-state index in [4.69, 9.17) is 10.2 Å². The van der Waals surface area contributed by atoms with E-state index in [0.717, 1.165) is 23.0 Å². The summed E-state index contributed by atoms with van der Waals surface area (Å²) >= 11 is 0. The summed E-state index contributed by atoms with van der Waals surface area (Å²) in [5.41, 5.74) is 8.54. The number of hydrogen-bond donors (Lipinski definition) is 1. The molecule has 1 aromatic heterocycles. The largest absolute Gasteiger partial charge is 0.451 e. The first-order valence-electron chi connectivity index (χ1n) is 8.22. The average molecular weight is 359 g/mol. The first-order chi connectivity index (χ1) is 11.7. The zero-order valence-electron chi connectivity index (χ0n) is 14.3. The van der Waals surface area contributed by atoms with E-state index in [9.17, 15) is 4.79 Å². The van der Waals surface area contributed by atoms with Crippen LogP contribution in [0.25, 0.3) is 11.0 Å². The van der Waals surface area contributed by atoms with E-state index in [1.165, 1.54) is 5.56 Å². The molecule has 0 bridgehead atoms. The number of fused-ring (bicyclic) bond motifs is 1. The molecular formula is C20H23ClN2O2. The molecule has 4 nitrogen and oxygen atoms in total. The van der Waals surface area contributed by atoms with Crippen molar-refractivity contribution < 1.29 is 9.21 Å². The minimum atomic E-state index is -0.0925. The van der Waals surface area contributed by atoms with Crippen molar-refractivity contribution in [2.45, 2.75) is 13.3 Å². The number of halogens is 1. The number of amides is 1. The molecule has 132 valence electrons. The molecule has 0 aliphatic rings. The Labute approximate surface area is 154 Å². The van der Waals surface area contributed by atoms with Gasteiger partial charge in [-0.1, -0.05) is 48.5 Å². The molecule has 1 amide bonds. The van der Waals surface area contributed by atoms with Gasteiger partial charge in [0.05, 0.1) is 0 Å². The van der Waals surface area contributed by atoms with Crippen molar-refractivity contribution in [3.8, 4) is 0 Å². The molecule has 0 fully saturated rings. The lowest BCUT2D eigenvalue weighted by Crippen LogP contribution is -2.37. The lowest BCUT2D eigenvalue weighted by Gasteiger charge is -2.21. The van der Waals surface area contributed by atoms with Crippen molar-refractivity contribution in [1.29, 1.82) is 0 Å². The molecule has 0 unspecified atom stereocenters. The van der Waals surface area contributed by atoms with E-state index in [1.54, 1.807) is 4.90 Å². The van der Waals surface area contributed by atoms with Crippen LogP contribution in [0.1, 0.15) is 21.7 Å². The van der Waals surface area contributed by atoms with Crippen LogP contribution in [-0.4, -0.2) is 30.4 Å². The predicted molar refractivity (Wildman–Crippen MR) is 103 cm³/mol. The normalized spacial score (nSPS) is 10.5. The highest BCUT2D eigenvalue weighted by Crippen LogP contribution is 2.26. The first kappa shape index (κ1) is 19.0. The van der Waals surface area contributed by atoms with E-state index >= 15 is 0 Å². The topological polar surface area (TPSA) is 59.5 Å². The molecule has 2 aromatic carbocycles. The minimum Gasteiger partial charge on any atom is -0.451 e. The molecule has 5 heteroatoms. The fourth-order valence-corrected chi connectivity index (χ4v) is 2.90. The van der Waals surface area contributed by atoms with E-state index in [1.807, 2.05) is 49.4 Å². The summed E-state index contributed by atoms with van der Waals surface area (Å²) in [6.45, 7) is 3.50. The molecule has 0 aliphatic carbocycles. The highest BCUT2D eigenvalue weighted by molar-refractivity contribution is 5.98. The van der Waals surface area contributed by atoms with Crippen molar-refractivity contribution in [2.75, 3.05) is 19.6 Å². The van der Waals surface area contributed by atoms with Gasteiger partial charge in [-0.25, -0.2) is 0 Å². The Morgan fingerprint density at radius 3 is 2.40 bits per heavy atom. The van der Waals surface area contributed by atoms with Gasteiger partial charge < -0.3 is 15.1 Å². The van der Waals surface area contributed by atoms with Crippen LogP contribution in [-0.2, 0) is 6.42 Å². The van der Waals surface area contributed by atoms with E-state index in [-0.39, 0.29) is 18.3 Å². The number of carbonyl (C=O) groups excluding carboxylic acids is 1. The van der Waals surface area contributed by atoms with Gasteiger partial charge in [-0.15, -0.1) is 12.4 Å². The van der Waals surface area contributed by atoms with Gasteiger partial charge in [0, 0.05) is 30.6 Å². The molecule has 0 atom stereocenters. The second-order valence-electron chi connectivity index (χ2n) is 5.87. The summed E-state index contributed by atoms with van der Waals surface area (Å²) in [5, 5.41) is 0.983. The number of nitrogens with two attached hydrogens (primary N) is 1. The summed E-state index contributed by atoms with van der Waals surface area (Å²) < 4.78 is 5.81. The van der Waals surface area contributed by atoms with Crippen LogP contribution < -0.4 is 5.73 Å². The number of nitrogens with zero attached hydrogens (tertiary/aromatic N) is 1. The van der Waals surface area contributed by atoms with Gasteiger partial charge in [-0.05, 0) is 25.0 Å². The van der Waals surface area contributed by atoms with Crippen molar-refractivity contribution in [3.05, 3.63) is 71.5 Å². The number of carbonyl (C=O) groups is 1. The number of para-hydroxylation sites is 1. The fraction of sp³-hybridized carbons (Fsp3) is 0.250. The third kappa shape index (κ3) is 4.21. The van der Waals surface area contributed by atoms with Crippen molar-refractivity contribution in [2.24, 2.45) is 5.73 Å². The van der Waals surface area contributed by atoms with Crippen LogP contribution in [0.2, 0.25) is 0 Å². The quantitative estimate of drug-likeness (QED) is 0.729. The van der Waals surface area contributed by atoms with Gasteiger partial charge in [-0.3, -0.25) is 4.79 Å². The van der Waals surface area contributed by atoms with E-state index in [2.05, 4.69) is 12.1 Å². The smallest absolute Gasteiger partial charge is 0.289 e. The van der Waals surface area contributed by atoms with Crippen molar-refractivity contribution >= 4 is 29.3 Å². The summed E-state index contributed by atoms with van der Waals surface area (Å²) in [6, 6.07) is 17.9. The molecular weight excluding hydrogens is 336 g/mol. The van der Waals surface area contributed by atoms with E-state index < -0.39 is 0 Å². The van der Waals surface area contributed by atoms with Crippen LogP contribution in [0.3, 0.4) is 0 Å². The maximum atomic E-state index is 12.9. The predicted octanol–water partition coefficient (Wildman–Crippen LogP) is 3.81. The summed E-state index contributed by atoms with van der Waals surface area (Å²) in [4.78, 5) is 14.7. The summed E-state index contributed by atoms with van der Waals surface area (Å²) in [7, 11) is 0. The summed E-state index contributed by atoms with van der Waals surface area (Å²) in [6.07, 6.45) is 0.797. The Bertz CT molecular complexity index is 830. The molecule has 0 aliphatic heterocycles. The van der Waals surface area contributed by atoms with E-state index in [0.29, 0.717) is 25.4 Å². The van der Waals surface area contributed by atoms with Crippen LogP contribution in [0.15, 0.2) is 59.0 Å². The van der Waals surface area contributed by atoms with Gasteiger partial charge in [-0.2, -0.15) is 0 Å². The van der Waals surface area contributed by atoms with Gasteiger partial charge in [0.1, 0.15) is 5.58 Å². The zero-order chi connectivity index (χ0) is 16.9. The minimum absolute atomic E-state index is 0. The van der Waals surface area contributed by atoms with Crippen LogP contribution in [0.4, 0.5) is 0 Å². The Morgan fingerprint density at radius 1 is 1.04 bits per heavy atom. The number of hydrogen-bond acceptors (Lipinski definition) is 3. The molecule has 0 spiro atoms. The molecule has 1 heterocycles. The van der Waals surface area contributed by atoms with Crippen LogP contribution in [0.5, 0.6) is 0 Å². The van der Waals surface area contributed by atoms with Gasteiger partial charge in [0.25, 0.3) is 5.91 Å². The maximum absolute atomic E-state index is 12.9. The highest BCUT2D eigenvalue weighted by atomic mass is 35.5. The Morgan fingerprint density at radius 2 is 1.72 bits per heavy atom. The average Bonchev–Trinajstić information content (AvgIpc) is 2.96. The second kappa shape index (κ2) is 8.70. The molecule has 25 heavy (non-hydrogen) atoms. The molecule has 0 radical (unpaired) electrons. The number of furan rings is 1.